The van der Waals surface area contributed by atoms with Crippen LogP contribution >= 0.6 is 27.7 Å². The molecule has 0 saturated heterocycles. The molecule has 0 aromatic heterocycles. The van der Waals surface area contributed by atoms with Gasteiger partial charge in [0.15, 0.2) is 0 Å². The molecular weight excluding hydrogens is 310 g/mol. The normalized spacial score (nSPS) is 10.3. The molecule has 0 unspecified atom stereocenters. The second-order valence-electron chi connectivity index (χ2n) is 3.69. The van der Waals surface area contributed by atoms with Gasteiger partial charge in [0, 0.05) is 20.8 Å². The van der Waals surface area contributed by atoms with Crippen LogP contribution in [0, 0.1) is 0 Å². The van der Waals surface area contributed by atoms with Crippen molar-refractivity contribution in [3.8, 4) is 5.75 Å². The van der Waals surface area contributed by atoms with Gasteiger partial charge in [0.2, 0.25) is 0 Å². The number of nitrogens with two attached hydrogens (primary N) is 1. The third kappa shape index (κ3) is 3.96. The Hall–Kier alpha value is -1.13. The third-order valence-electron chi connectivity index (χ3n) is 2.32. The van der Waals surface area contributed by atoms with E-state index in [1.807, 2.05) is 48.5 Å². The van der Waals surface area contributed by atoms with Gasteiger partial charge in [-0.1, -0.05) is 34.1 Å². The number of anilines is 1. The minimum absolute atomic E-state index is 0.662. The predicted molar refractivity (Wildman–Crippen MR) is 81.2 cm³/mol. The molecule has 94 valence electrons. The number of thioether (sulfide) groups is 1. The molecule has 0 fully saturated rings. The van der Waals surface area contributed by atoms with Crippen molar-refractivity contribution in [2.75, 3.05) is 18.1 Å². The van der Waals surface area contributed by atoms with E-state index in [-0.39, 0.29) is 0 Å². The van der Waals surface area contributed by atoms with E-state index in [0.29, 0.717) is 6.61 Å². The van der Waals surface area contributed by atoms with Crippen LogP contribution in [0.4, 0.5) is 5.69 Å². The van der Waals surface area contributed by atoms with Gasteiger partial charge in [-0.2, -0.15) is 0 Å². The van der Waals surface area contributed by atoms with E-state index in [9.17, 15) is 0 Å². The first-order chi connectivity index (χ1) is 8.75. The standard InChI is InChI=1S/C14H14BrNOS/c15-11-4-3-5-12(10-11)17-8-9-18-14-7-2-1-6-13(14)16/h1-7,10H,8-9,16H2. The second-order valence-corrected chi connectivity index (χ2v) is 5.74. The zero-order chi connectivity index (χ0) is 12.8. The van der Waals surface area contributed by atoms with E-state index < -0.39 is 0 Å². The zero-order valence-corrected chi connectivity index (χ0v) is 12.2. The Morgan fingerprint density at radius 2 is 1.94 bits per heavy atom. The van der Waals surface area contributed by atoms with Crippen molar-refractivity contribution in [1.82, 2.24) is 0 Å². The monoisotopic (exact) mass is 323 g/mol. The summed E-state index contributed by atoms with van der Waals surface area (Å²) in [5, 5.41) is 0. The molecule has 0 aliphatic heterocycles. The fourth-order valence-electron chi connectivity index (χ4n) is 1.48. The lowest BCUT2D eigenvalue weighted by Gasteiger charge is -2.07. The van der Waals surface area contributed by atoms with Crippen molar-refractivity contribution in [1.29, 1.82) is 0 Å². The van der Waals surface area contributed by atoms with Gasteiger partial charge >= 0.3 is 0 Å². The maximum atomic E-state index is 5.87. The average Bonchev–Trinajstić information content (AvgIpc) is 2.37. The second kappa shape index (κ2) is 6.71. The van der Waals surface area contributed by atoms with Gasteiger partial charge in [0.1, 0.15) is 5.75 Å². The van der Waals surface area contributed by atoms with Crippen LogP contribution in [0.25, 0.3) is 0 Å². The van der Waals surface area contributed by atoms with Crippen LogP contribution in [0.3, 0.4) is 0 Å². The summed E-state index contributed by atoms with van der Waals surface area (Å²) in [6.45, 7) is 0.662. The highest BCUT2D eigenvalue weighted by Gasteiger charge is 1.99. The molecule has 18 heavy (non-hydrogen) atoms. The molecule has 0 spiro atoms. The summed E-state index contributed by atoms with van der Waals surface area (Å²) in [5.41, 5.74) is 6.69. The van der Waals surface area contributed by atoms with Crippen LogP contribution in [0.15, 0.2) is 57.9 Å². The molecule has 0 aliphatic carbocycles. The molecule has 0 atom stereocenters. The maximum Gasteiger partial charge on any atom is 0.120 e. The smallest absolute Gasteiger partial charge is 0.120 e. The molecule has 4 heteroatoms. The minimum atomic E-state index is 0.662. The number of rotatable bonds is 5. The van der Waals surface area contributed by atoms with Gasteiger partial charge < -0.3 is 10.5 Å². The van der Waals surface area contributed by atoms with Gasteiger partial charge in [-0.15, -0.1) is 11.8 Å². The summed E-state index contributed by atoms with van der Waals surface area (Å²) in [7, 11) is 0. The zero-order valence-electron chi connectivity index (χ0n) is 9.80. The largest absolute Gasteiger partial charge is 0.493 e. The molecule has 2 nitrogen and oxygen atoms in total. The molecule has 0 radical (unpaired) electrons. The van der Waals surface area contributed by atoms with E-state index in [1.165, 1.54) is 0 Å². The SMILES string of the molecule is Nc1ccccc1SCCOc1cccc(Br)c1. The number of nitrogen functional groups attached to an aromatic ring is 1. The van der Waals surface area contributed by atoms with Crippen LogP contribution < -0.4 is 10.5 Å². The van der Waals surface area contributed by atoms with Gasteiger partial charge in [-0.3, -0.25) is 0 Å². The van der Waals surface area contributed by atoms with Crippen molar-refractivity contribution < 1.29 is 4.74 Å². The number of hydrogen-bond donors (Lipinski definition) is 1. The molecule has 2 N–H and O–H groups in total. The number of benzene rings is 2. The molecule has 0 bridgehead atoms. The van der Waals surface area contributed by atoms with Crippen LogP contribution in [-0.2, 0) is 0 Å². The average molecular weight is 324 g/mol. The molecule has 2 aromatic carbocycles. The Labute approximate surface area is 120 Å². The number of ether oxygens (including phenoxy) is 1. The first-order valence-corrected chi connectivity index (χ1v) is 7.39. The van der Waals surface area contributed by atoms with Gasteiger partial charge in [-0.25, -0.2) is 0 Å². The maximum absolute atomic E-state index is 5.87. The van der Waals surface area contributed by atoms with Crippen LogP contribution in [0.5, 0.6) is 5.75 Å². The number of halogens is 1. The van der Waals surface area contributed by atoms with Gasteiger partial charge in [0.25, 0.3) is 0 Å². The Kier molecular flexibility index (Phi) is 4.96. The van der Waals surface area contributed by atoms with Gasteiger partial charge in [-0.05, 0) is 30.3 Å². The van der Waals surface area contributed by atoms with Crippen molar-refractivity contribution in [3.05, 3.63) is 53.0 Å². The Morgan fingerprint density at radius 1 is 1.11 bits per heavy atom. The molecule has 0 saturated carbocycles. The third-order valence-corrected chi connectivity index (χ3v) is 3.87. The summed E-state index contributed by atoms with van der Waals surface area (Å²) < 4.78 is 6.68. The summed E-state index contributed by atoms with van der Waals surface area (Å²) in [4.78, 5) is 1.11. The van der Waals surface area contributed by atoms with E-state index in [0.717, 1.165) is 26.6 Å². The lowest BCUT2D eigenvalue weighted by Crippen LogP contribution is -2.00. The Balaban J connectivity index is 1.78. The highest BCUT2D eigenvalue weighted by Crippen LogP contribution is 2.24. The highest BCUT2D eigenvalue weighted by atomic mass is 79.9. The van der Waals surface area contributed by atoms with E-state index in [4.69, 9.17) is 10.5 Å². The van der Waals surface area contributed by atoms with Crippen molar-refractivity contribution in [2.24, 2.45) is 0 Å². The molecule has 0 heterocycles. The topological polar surface area (TPSA) is 35.2 Å². The van der Waals surface area contributed by atoms with E-state index in [1.54, 1.807) is 11.8 Å². The predicted octanol–water partition coefficient (Wildman–Crippen LogP) is 4.20. The van der Waals surface area contributed by atoms with Crippen molar-refractivity contribution >= 4 is 33.4 Å². The number of hydrogen-bond acceptors (Lipinski definition) is 3. The first kappa shape index (κ1) is 13.3. The van der Waals surface area contributed by atoms with Crippen LogP contribution in [-0.4, -0.2) is 12.4 Å². The molecule has 0 aliphatic rings. The molecule has 2 rings (SSSR count). The molecule has 2 aromatic rings. The summed E-state index contributed by atoms with van der Waals surface area (Å²) in [6, 6.07) is 15.7. The summed E-state index contributed by atoms with van der Waals surface area (Å²) in [5.74, 6) is 1.76. The fraction of sp³-hybridized carbons (Fsp3) is 0.143. The molecule has 0 amide bonds. The number of para-hydroxylation sites is 1. The fourth-order valence-corrected chi connectivity index (χ4v) is 2.65. The lowest BCUT2D eigenvalue weighted by atomic mass is 10.3. The van der Waals surface area contributed by atoms with E-state index in [2.05, 4.69) is 15.9 Å². The van der Waals surface area contributed by atoms with Crippen LogP contribution in [0.1, 0.15) is 0 Å². The van der Waals surface area contributed by atoms with Crippen LogP contribution in [0.2, 0.25) is 0 Å². The van der Waals surface area contributed by atoms with Crippen molar-refractivity contribution in [2.45, 2.75) is 4.90 Å². The van der Waals surface area contributed by atoms with Gasteiger partial charge in [0.05, 0.1) is 6.61 Å². The Morgan fingerprint density at radius 3 is 2.72 bits per heavy atom. The first-order valence-electron chi connectivity index (χ1n) is 5.61. The summed E-state index contributed by atoms with van der Waals surface area (Å²) >= 11 is 5.12. The Bertz CT molecular complexity index is 519. The van der Waals surface area contributed by atoms with Crippen molar-refractivity contribution in [3.63, 3.8) is 0 Å². The van der Waals surface area contributed by atoms with E-state index >= 15 is 0 Å². The quantitative estimate of drug-likeness (QED) is 0.508. The molecular formula is C14H14BrNOS. The lowest BCUT2D eigenvalue weighted by molar-refractivity contribution is 0.344. The minimum Gasteiger partial charge on any atom is -0.493 e. The summed E-state index contributed by atoms with van der Waals surface area (Å²) in [6.07, 6.45) is 0. The highest BCUT2D eigenvalue weighted by molar-refractivity contribution is 9.10.